The molecule has 2 rings (SSSR count). The molecule has 0 amide bonds. The van der Waals surface area contributed by atoms with E-state index in [1.807, 2.05) is 0 Å². The van der Waals surface area contributed by atoms with Crippen LogP contribution in [-0.2, 0) is 9.53 Å². The minimum atomic E-state index is -1.52. The number of esters is 1. The van der Waals surface area contributed by atoms with Crippen molar-refractivity contribution in [2.24, 2.45) is 0 Å². The number of hydrogen-bond acceptors (Lipinski definition) is 3. The zero-order valence-electron chi connectivity index (χ0n) is 11.9. The molecule has 0 aromatic heterocycles. The number of carbonyl (C=O) groups is 1. The van der Waals surface area contributed by atoms with E-state index in [4.69, 9.17) is 27.9 Å². The molecule has 108 valence electrons. The SMILES string of the molecule is CC(C)N(C(C)C)C1C2=C(CCC2)OC(=O)C1(Cl)Cl. The second kappa shape index (κ2) is 5.27. The van der Waals surface area contributed by atoms with Gasteiger partial charge in [-0.15, -0.1) is 0 Å². The number of nitrogens with zero attached hydrogens (tertiary/aromatic N) is 1. The van der Waals surface area contributed by atoms with Crippen LogP contribution in [0.15, 0.2) is 11.3 Å². The molecule has 1 aliphatic heterocycles. The molecule has 0 saturated heterocycles. The Bertz CT molecular complexity index is 408. The van der Waals surface area contributed by atoms with Crippen molar-refractivity contribution in [1.29, 1.82) is 0 Å². The molecule has 0 saturated carbocycles. The summed E-state index contributed by atoms with van der Waals surface area (Å²) in [5.74, 6) is 0.256. The number of ether oxygens (including phenoxy) is 1. The van der Waals surface area contributed by atoms with Gasteiger partial charge in [0.05, 0.1) is 6.04 Å². The van der Waals surface area contributed by atoms with Crippen molar-refractivity contribution in [1.82, 2.24) is 4.90 Å². The summed E-state index contributed by atoms with van der Waals surface area (Å²) in [7, 11) is 0. The summed E-state index contributed by atoms with van der Waals surface area (Å²) in [6.45, 7) is 8.38. The van der Waals surface area contributed by atoms with Crippen molar-refractivity contribution < 1.29 is 9.53 Å². The topological polar surface area (TPSA) is 29.5 Å². The number of alkyl halides is 2. The Morgan fingerprint density at radius 1 is 1.21 bits per heavy atom. The number of allylic oxidation sites excluding steroid dienone is 1. The van der Waals surface area contributed by atoms with E-state index in [-0.39, 0.29) is 18.1 Å². The number of halogens is 2. The molecule has 0 N–H and O–H groups in total. The summed E-state index contributed by atoms with van der Waals surface area (Å²) in [4.78, 5) is 14.3. The maximum absolute atomic E-state index is 12.1. The summed E-state index contributed by atoms with van der Waals surface area (Å²) < 4.78 is 3.80. The smallest absolute Gasteiger partial charge is 0.349 e. The lowest BCUT2D eigenvalue weighted by Gasteiger charge is -2.45. The molecule has 0 radical (unpaired) electrons. The van der Waals surface area contributed by atoms with E-state index in [1.54, 1.807) is 0 Å². The van der Waals surface area contributed by atoms with Crippen molar-refractivity contribution in [3.05, 3.63) is 11.3 Å². The molecule has 0 bridgehead atoms. The maximum Gasteiger partial charge on any atom is 0.349 e. The van der Waals surface area contributed by atoms with Gasteiger partial charge in [-0.1, -0.05) is 23.2 Å². The fourth-order valence-electron chi connectivity index (χ4n) is 3.22. The van der Waals surface area contributed by atoms with Gasteiger partial charge in [0, 0.05) is 18.5 Å². The second-order valence-electron chi connectivity index (χ2n) is 5.85. The van der Waals surface area contributed by atoms with Gasteiger partial charge in [-0.3, -0.25) is 4.90 Å². The molecule has 3 nitrogen and oxygen atoms in total. The predicted octanol–water partition coefficient (Wildman–Crippen LogP) is 3.64. The first kappa shape index (κ1) is 15.1. The Morgan fingerprint density at radius 3 is 2.32 bits per heavy atom. The van der Waals surface area contributed by atoms with Crippen LogP contribution in [0.3, 0.4) is 0 Å². The van der Waals surface area contributed by atoms with Crippen LogP contribution in [0.5, 0.6) is 0 Å². The molecule has 19 heavy (non-hydrogen) atoms. The summed E-state index contributed by atoms with van der Waals surface area (Å²) in [5, 5.41) is 0. The van der Waals surface area contributed by atoms with Crippen molar-refractivity contribution in [3.8, 4) is 0 Å². The fraction of sp³-hybridized carbons (Fsp3) is 0.786. The first-order chi connectivity index (χ1) is 8.76. The van der Waals surface area contributed by atoms with Crippen LogP contribution < -0.4 is 0 Å². The van der Waals surface area contributed by atoms with E-state index in [0.29, 0.717) is 0 Å². The fourth-order valence-corrected chi connectivity index (χ4v) is 3.78. The summed E-state index contributed by atoms with van der Waals surface area (Å²) in [6.07, 6.45) is 2.72. The number of hydrogen-bond donors (Lipinski definition) is 0. The highest BCUT2D eigenvalue weighted by Crippen LogP contribution is 2.46. The average molecular weight is 306 g/mol. The summed E-state index contributed by atoms with van der Waals surface area (Å²) in [5.41, 5.74) is 1.10. The minimum absolute atomic E-state index is 0.252. The Kier molecular flexibility index (Phi) is 4.20. The van der Waals surface area contributed by atoms with Crippen molar-refractivity contribution in [2.45, 2.75) is 69.4 Å². The van der Waals surface area contributed by atoms with E-state index < -0.39 is 10.3 Å². The first-order valence-electron chi connectivity index (χ1n) is 6.86. The van der Waals surface area contributed by atoms with Gasteiger partial charge in [0.15, 0.2) is 0 Å². The highest BCUT2D eigenvalue weighted by Gasteiger charge is 2.54. The van der Waals surface area contributed by atoms with Gasteiger partial charge in [0.2, 0.25) is 4.33 Å². The monoisotopic (exact) mass is 305 g/mol. The van der Waals surface area contributed by atoms with Gasteiger partial charge >= 0.3 is 5.97 Å². The van der Waals surface area contributed by atoms with Crippen LogP contribution in [0.4, 0.5) is 0 Å². The van der Waals surface area contributed by atoms with Gasteiger partial charge in [-0.2, -0.15) is 0 Å². The molecule has 0 aromatic carbocycles. The number of carbonyl (C=O) groups excluding carboxylic acids is 1. The third kappa shape index (κ3) is 2.53. The lowest BCUT2D eigenvalue weighted by atomic mass is 9.95. The van der Waals surface area contributed by atoms with Crippen molar-refractivity contribution >= 4 is 29.2 Å². The molecule has 1 heterocycles. The molecular formula is C14H21Cl2NO2. The van der Waals surface area contributed by atoms with Crippen LogP contribution in [0.1, 0.15) is 47.0 Å². The largest absolute Gasteiger partial charge is 0.429 e. The molecule has 2 aliphatic rings. The average Bonchev–Trinajstić information content (AvgIpc) is 2.70. The summed E-state index contributed by atoms with van der Waals surface area (Å²) >= 11 is 12.7. The predicted molar refractivity (Wildman–Crippen MR) is 77.3 cm³/mol. The molecule has 1 unspecified atom stereocenters. The van der Waals surface area contributed by atoms with Crippen LogP contribution >= 0.6 is 23.2 Å². The Hall–Kier alpha value is -0.250. The van der Waals surface area contributed by atoms with Crippen molar-refractivity contribution in [3.63, 3.8) is 0 Å². The van der Waals surface area contributed by atoms with Gasteiger partial charge in [-0.05, 0) is 46.1 Å². The minimum Gasteiger partial charge on any atom is -0.429 e. The van der Waals surface area contributed by atoms with Crippen LogP contribution in [-0.4, -0.2) is 33.3 Å². The molecule has 0 aromatic rings. The maximum atomic E-state index is 12.1. The zero-order chi connectivity index (χ0) is 14.4. The van der Waals surface area contributed by atoms with Gasteiger partial charge in [0.25, 0.3) is 0 Å². The molecular weight excluding hydrogens is 285 g/mol. The molecule has 0 spiro atoms. The van der Waals surface area contributed by atoms with E-state index >= 15 is 0 Å². The lowest BCUT2D eigenvalue weighted by molar-refractivity contribution is -0.144. The molecule has 1 aliphatic carbocycles. The van der Waals surface area contributed by atoms with Crippen molar-refractivity contribution in [2.75, 3.05) is 0 Å². The Morgan fingerprint density at radius 2 is 1.79 bits per heavy atom. The zero-order valence-corrected chi connectivity index (χ0v) is 13.4. The Balaban J connectivity index is 2.48. The van der Waals surface area contributed by atoms with Crippen LogP contribution in [0.2, 0.25) is 0 Å². The molecule has 5 heteroatoms. The quantitative estimate of drug-likeness (QED) is 0.589. The van der Waals surface area contributed by atoms with Gasteiger partial charge in [-0.25, -0.2) is 4.79 Å². The second-order valence-corrected chi connectivity index (χ2v) is 7.24. The Labute approximate surface area is 124 Å². The third-order valence-electron chi connectivity index (χ3n) is 3.86. The van der Waals surface area contributed by atoms with Crippen LogP contribution in [0, 0.1) is 0 Å². The highest BCUT2D eigenvalue weighted by atomic mass is 35.5. The molecule has 1 atom stereocenters. The molecule has 0 fully saturated rings. The highest BCUT2D eigenvalue weighted by molar-refractivity contribution is 6.58. The first-order valence-corrected chi connectivity index (χ1v) is 7.61. The lowest BCUT2D eigenvalue weighted by Crippen LogP contribution is -2.58. The summed E-state index contributed by atoms with van der Waals surface area (Å²) in [6, 6.07) is 0.221. The standard InChI is InChI=1S/C14H21Cl2NO2/c1-8(2)17(9(3)4)12-10-6-5-7-11(10)19-13(18)14(12,15)16/h8-9,12H,5-7H2,1-4H3. The van der Waals surface area contributed by atoms with Gasteiger partial charge < -0.3 is 4.74 Å². The van der Waals surface area contributed by atoms with E-state index in [0.717, 1.165) is 30.6 Å². The van der Waals surface area contributed by atoms with E-state index in [9.17, 15) is 4.79 Å². The van der Waals surface area contributed by atoms with Gasteiger partial charge in [0.1, 0.15) is 5.76 Å². The van der Waals surface area contributed by atoms with E-state index in [1.165, 1.54) is 0 Å². The number of rotatable bonds is 3. The third-order valence-corrected chi connectivity index (χ3v) is 4.58. The normalized spacial score (nSPS) is 26.4. The van der Waals surface area contributed by atoms with Crippen LogP contribution in [0.25, 0.3) is 0 Å². The van der Waals surface area contributed by atoms with E-state index in [2.05, 4.69) is 32.6 Å².